The summed E-state index contributed by atoms with van der Waals surface area (Å²) in [5.74, 6) is -0.0703. The van der Waals surface area contributed by atoms with Gasteiger partial charge < -0.3 is 0 Å². The van der Waals surface area contributed by atoms with Crippen LogP contribution in [0.2, 0.25) is 0 Å². The fourth-order valence-corrected chi connectivity index (χ4v) is 0.361. The molecule has 0 aliphatic rings. The van der Waals surface area contributed by atoms with Crippen LogP contribution in [0.3, 0.4) is 0 Å². The molecular formula is C6H12N2O. The topological polar surface area (TPSA) is 41.1 Å². The summed E-state index contributed by atoms with van der Waals surface area (Å²) < 4.78 is 0. The first kappa shape index (κ1) is 8.17. The van der Waals surface area contributed by atoms with Gasteiger partial charge in [-0.3, -0.25) is 10.2 Å². The molecule has 9 heavy (non-hydrogen) atoms. The van der Waals surface area contributed by atoms with Crippen LogP contribution in [-0.2, 0) is 4.79 Å². The number of hydrazine groups is 1. The lowest BCUT2D eigenvalue weighted by Gasteiger charge is -2.00. The Morgan fingerprint density at radius 2 is 2.44 bits per heavy atom. The van der Waals surface area contributed by atoms with E-state index in [2.05, 4.69) is 17.4 Å². The molecule has 2 N–H and O–H groups in total. The van der Waals surface area contributed by atoms with Crippen LogP contribution >= 0.6 is 0 Å². The van der Waals surface area contributed by atoms with Gasteiger partial charge in [-0.1, -0.05) is 6.08 Å². The van der Waals surface area contributed by atoms with E-state index in [1.54, 1.807) is 6.08 Å². The lowest BCUT2D eigenvalue weighted by Crippen LogP contribution is -2.35. The van der Waals surface area contributed by atoms with Gasteiger partial charge in [0.25, 0.3) is 0 Å². The summed E-state index contributed by atoms with van der Waals surface area (Å²) in [5, 5.41) is 0. The Bertz CT molecular complexity index is 101. The van der Waals surface area contributed by atoms with Crippen molar-refractivity contribution in [2.75, 3.05) is 6.54 Å². The molecule has 0 aromatic rings. The first-order valence-corrected chi connectivity index (χ1v) is 2.87. The van der Waals surface area contributed by atoms with E-state index < -0.39 is 0 Å². The zero-order valence-corrected chi connectivity index (χ0v) is 5.61. The van der Waals surface area contributed by atoms with Crippen LogP contribution in [0.15, 0.2) is 12.7 Å². The highest BCUT2D eigenvalue weighted by molar-refractivity contribution is 5.72. The van der Waals surface area contributed by atoms with Gasteiger partial charge in [0.2, 0.25) is 5.91 Å². The van der Waals surface area contributed by atoms with Crippen LogP contribution < -0.4 is 10.9 Å². The number of nitrogens with one attached hydrogen (secondary N) is 2. The maximum atomic E-state index is 10.2. The number of hydrogen-bond donors (Lipinski definition) is 2. The highest BCUT2D eigenvalue weighted by atomic mass is 16.2. The van der Waals surface area contributed by atoms with Crippen LogP contribution in [-0.4, -0.2) is 12.5 Å². The minimum atomic E-state index is -0.0703. The average molecular weight is 128 g/mol. The summed E-state index contributed by atoms with van der Waals surface area (Å²) in [6, 6.07) is 0. The number of rotatable bonds is 4. The Hall–Kier alpha value is -0.830. The van der Waals surface area contributed by atoms with Gasteiger partial charge in [-0.2, -0.15) is 0 Å². The Morgan fingerprint density at radius 3 is 2.89 bits per heavy atom. The van der Waals surface area contributed by atoms with Gasteiger partial charge in [-0.15, -0.1) is 6.58 Å². The van der Waals surface area contributed by atoms with Crippen molar-refractivity contribution in [1.82, 2.24) is 10.9 Å². The van der Waals surface area contributed by atoms with Crippen molar-refractivity contribution in [2.24, 2.45) is 0 Å². The Kier molecular flexibility index (Phi) is 4.82. The second kappa shape index (κ2) is 5.31. The number of hydrogen-bond acceptors (Lipinski definition) is 2. The third-order valence-electron chi connectivity index (χ3n) is 0.738. The molecule has 0 aliphatic heterocycles. The fraction of sp³-hybridized carbons (Fsp3) is 0.500. The Morgan fingerprint density at radius 1 is 1.78 bits per heavy atom. The molecule has 0 aromatic carbocycles. The zero-order chi connectivity index (χ0) is 7.11. The summed E-state index contributed by atoms with van der Waals surface area (Å²) >= 11 is 0. The molecule has 0 radical (unpaired) electrons. The van der Waals surface area contributed by atoms with Gasteiger partial charge in [0, 0.05) is 13.5 Å². The predicted octanol–water partition coefficient (Wildman–Crippen LogP) is 0.203. The third kappa shape index (κ3) is 7.17. The minimum Gasteiger partial charge on any atom is -0.292 e. The van der Waals surface area contributed by atoms with Crippen LogP contribution in [0, 0.1) is 0 Å². The molecule has 0 fully saturated rings. The first-order valence-electron chi connectivity index (χ1n) is 2.87. The Labute approximate surface area is 55.1 Å². The smallest absolute Gasteiger partial charge is 0.230 e. The Balaban J connectivity index is 2.91. The zero-order valence-electron chi connectivity index (χ0n) is 5.61. The fourth-order valence-electron chi connectivity index (χ4n) is 0.361. The van der Waals surface area contributed by atoms with Crippen molar-refractivity contribution < 1.29 is 4.79 Å². The molecule has 0 aromatic heterocycles. The van der Waals surface area contributed by atoms with Crippen LogP contribution in [0.5, 0.6) is 0 Å². The molecule has 0 saturated carbocycles. The normalized spacial score (nSPS) is 8.56. The van der Waals surface area contributed by atoms with Crippen molar-refractivity contribution >= 4 is 5.91 Å². The largest absolute Gasteiger partial charge is 0.292 e. The molecule has 0 atom stereocenters. The predicted molar refractivity (Wildman–Crippen MR) is 36.6 cm³/mol. The first-order chi connectivity index (χ1) is 4.27. The van der Waals surface area contributed by atoms with Gasteiger partial charge in [0.15, 0.2) is 0 Å². The van der Waals surface area contributed by atoms with Crippen molar-refractivity contribution in [3.05, 3.63) is 12.7 Å². The van der Waals surface area contributed by atoms with E-state index in [1.807, 2.05) is 0 Å². The van der Waals surface area contributed by atoms with E-state index in [-0.39, 0.29) is 5.91 Å². The molecule has 0 saturated heterocycles. The highest BCUT2D eigenvalue weighted by Gasteiger charge is 1.84. The quantitative estimate of drug-likeness (QED) is 0.322. The monoisotopic (exact) mass is 128 g/mol. The van der Waals surface area contributed by atoms with Crippen molar-refractivity contribution in [1.29, 1.82) is 0 Å². The summed E-state index contributed by atoms with van der Waals surface area (Å²) in [4.78, 5) is 10.2. The molecule has 0 rings (SSSR count). The standard InChI is InChI=1S/C6H12N2O/c1-3-4-5-7-8-6(2)9/h3,7H,1,4-5H2,2H3,(H,8,9). The van der Waals surface area contributed by atoms with Gasteiger partial charge in [0.05, 0.1) is 0 Å². The molecule has 0 heterocycles. The second-order valence-corrected chi connectivity index (χ2v) is 1.69. The summed E-state index contributed by atoms with van der Waals surface area (Å²) in [6.07, 6.45) is 2.65. The molecule has 0 aliphatic carbocycles. The van der Waals surface area contributed by atoms with Crippen molar-refractivity contribution in [3.63, 3.8) is 0 Å². The van der Waals surface area contributed by atoms with Crippen molar-refractivity contribution in [3.8, 4) is 0 Å². The molecule has 0 bridgehead atoms. The summed E-state index contributed by atoms with van der Waals surface area (Å²) in [5.41, 5.74) is 5.16. The molecule has 0 unspecified atom stereocenters. The summed E-state index contributed by atoms with van der Waals surface area (Å²) in [6.45, 7) is 5.72. The van der Waals surface area contributed by atoms with Crippen LogP contribution in [0.25, 0.3) is 0 Å². The average Bonchev–Trinajstić information content (AvgIpc) is 1.80. The van der Waals surface area contributed by atoms with E-state index in [0.29, 0.717) is 0 Å². The van der Waals surface area contributed by atoms with Crippen LogP contribution in [0.4, 0.5) is 0 Å². The van der Waals surface area contributed by atoms with E-state index in [0.717, 1.165) is 13.0 Å². The lowest BCUT2D eigenvalue weighted by atomic mass is 10.4. The van der Waals surface area contributed by atoms with E-state index >= 15 is 0 Å². The van der Waals surface area contributed by atoms with Gasteiger partial charge >= 0.3 is 0 Å². The number of amides is 1. The maximum absolute atomic E-state index is 10.2. The molecular weight excluding hydrogens is 116 g/mol. The van der Waals surface area contributed by atoms with Gasteiger partial charge in [-0.25, -0.2) is 5.43 Å². The second-order valence-electron chi connectivity index (χ2n) is 1.69. The molecule has 3 heteroatoms. The molecule has 52 valence electrons. The SMILES string of the molecule is C=CCCNNC(C)=O. The molecule has 3 nitrogen and oxygen atoms in total. The number of carbonyl (C=O) groups is 1. The van der Waals surface area contributed by atoms with E-state index in [1.165, 1.54) is 6.92 Å². The van der Waals surface area contributed by atoms with Gasteiger partial charge in [0.1, 0.15) is 0 Å². The van der Waals surface area contributed by atoms with E-state index in [4.69, 9.17) is 0 Å². The molecule has 0 spiro atoms. The highest BCUT2D eigenvalue weighted by Crippen LogP contribution is 1.71. The lowest BCUT2D eigenvalue weighted by molar-refractivity contribution is -0.119. The third-order valence-corrected chi connectivity index (χ3v) is 0.738. The minimum absolute atomic E-state index is 0.0703. The van der Waals surface area contributed by atoms with E-state index in [9.17, 15) is 4.79 Å². The maximum Gasteiger partial charge on any atom is 0.230 e. The van der Waals surface area contributed by atoms with Gasteiger partial charge in [-0.05, 0) is 6.42 Å². The summed E-state index contributed by atoms with van der Waals surface area (Å²) in [7, 11) is 0. The molecule has 1 amide bonds. The van der Waals surface area contributed by atoms with Crippen molar-refractivity contribution in [2.45, 2.75) is 13.3 Å². The number of carbonyl (C=O) groups excluding carboxylic acids is 1. The van der Waals surface area contributed by atoms with Crippen LogP contribution in [0.1, 0.15) is 13.3 Å².